The Labute approximate surface area is 97.5 Å². The summed E-state index contributed by atoms with van der Waals surface area (Å²) in [5.74, 6) is 2.12. The van der Waals surface area contributed by atoms with Gasteiger partial charge < -0.3 is 20.1 Å². The Bertz CT molecular complexity index is 288. The summed E-state index contributed by atoms with van der Waals surface area (Å²) in [5, 5.41) is 14.8. The molecule has 1 aromatic carbocycles. The highest BCUT2D eigenvalue weighted by molar-refractivity contribution is 7.95. The van der Waals surface area contributed by atoms with Crippen molar-refractivity contribution in [2.24, 2.45) is 0 Å². The first kappa shape index (κ1) is 14.6. The first-order chi connectivity index (χ1) is 7.52. The van der Waals surface area contributed by atoms with Crippen LogP contribution in [0.5, 0.6) is 5.75 Å². The first-order valence-electron chi connectivity index (χ1n) is 4.56. The summed E-state index contributed by atoms with van der Waals surface area (Å²) in [6.45, 7) is 0.833. The molecule has 1 aromatic rings. The second-order valence-corrected chi connectivity index (χ2v) is 5.45. The van der Waals surface area contributed by atoms with E-state index in [1.807, 2.05) is 30.3 Å². The van der Waals surface area contributed by atoms with Gasteiger partial charge in [0.1, 0.15) is 18.1 Å². The molecule has 0 atom stereocenters. The number of hydrogen-bond acceptors (Lipinski definition) is 4. The largest absolute Gasteiger partial charge is 0.489 e. The van der Waals surface area contributed by atoms with Crippen LogP contribution in [0.4, 0.5) is 0 Å². The highest BCUT2D eigenvalue weighted by Crippen LogP contribution is 2.07. The third kappa shape index (κ3) is 10.6. The summed E-state index contributed by atoms with van der Waals surface area (Å²) in [5.41, 5.74) is 0. The molecule has 90 valence electrons. The molecule has 0 aliphatic rings. The fraction of sp³-hybridized carbons (Fsp3) is 0.400. The van der Waals surface area contributed by atoms with Crippen molar-refractivity contribution in [2.45, 2.75) is 0 Å². The van der Waals surface area contributed by atoms with Gasteiger partial charge in [-0.2, -0.15) is 0 Å². The lowest BCUT2D eigenvalue weighted by Crippen LogP contribution is -2.11. The molecule has 0 aliphatic heterocycles. The Hall–Kier alpha value is -1.43. The van der Waals surface area contributed by atoms with E-state index >= 15 is 0 Å². The van der Waals surface area contributed by atoms with Crippen LogP contribution in [0.25, 0.3) is 0 Å². The Morgan fingerprint density at radius 2 is 1.75 bits per heavy atom. The van der Waals surface area contributed by atoms with Gasteiger partial charge in [0, 0.05) is 0 Å². The summed E-state index contributed by atoms with van der Waals surface area (Å²) >= 11 is 0. The van der Waals surface area contributed by atoms with Gasteiger partial charge in [0.05, 0.1) is 17.6 Å². The van der Waals surface area contributed by atoms with Crippen molar-refractivity contribution in [3.05, 3.63) is 45.7 Å². The maximum Gasteiger partial charge on any atom is 0.141 e. The number of nitrogens with zero attached hydrogens (tertiary/aromatic N) is 1. The van der Waals surface area contributed by atoms with E-state index in [-0.39, 0.29) is 0 Å². The molecule has 0 radical (unpaired) electrons. The fourth-order valence-electron chi connectivity index (χ4n) is 0.843. The topological polar surface area (TPSA) is 75.4 Å². The molecule has 0 spiro atoms. The Kier molecular flexibility index (Phi) is 8.05. The van der Waals surface area contributed by atoms with Gasteiger partial charge in [0.25, 0.3) is 0 Å². The number of benzene rings is 1. The van der Waals surface area contributed by atoms with E-state index in [4.69, 9.17) is 20.1 Å². The van der Waals surface area contributed by atoms with E-state index < -0.39 is 5.09 Å². The van der Waals surface area contributed by atoms with Crippen LogP contribution in [0.2, 0.25) is 0 Å². The molecule has 0 bridgehead atoms. The maximum atomic E-state index is 8.25. The van der Waals surface area contributed by atoms with Gasteiger partial charge in [0.15, 0.2) is 0 Å². The zero-order valence-electron chi connectivity index (χ0n) is 9.29. The van der Waals surface area contributed by atoms with E-state index in [2.05, 4.69) is 12.5 Å². The SMILES string of the molecule is C[S+](C)CCOc1ccccc1.O=[N+]([O-])[O-]. The molecule has 0 saturated carbocycles. The molecular formula is C10H15NO4S. The van der Waals surface area contributed by atoms with Crippen LogP contribution < -0.4 is 4.74 Å². The van der Waals surface area contributed by atoms with Crippen molar-refractivity contribution in [3.8, 4) is 5.75 Å². The molecule has 0 heterocycles. The van der Waals surface area contributed by atoms with Gasteiger partial charge in [-0.3, -0.25) is 0 Å². The van der Waals surface area contributed by atoms with Crippen LogP contribution in [0.15, 0.2) is 30.3 Å². The quantitative estimate of drug-likeness (QED) is 0.459. The van der Waals surface area contributed by atoms with Gasteiger partial charge in [-0.1, -0.05) is 18.2 Å². The van der Waals surface area contributed by atoms with Crippen LogP contribution in [0.1, 0.15) is 0 Å². The molecule has 0 saturated heterocycles. The van der Waals surface area contributed by atoms with Crippen LogP contribution in [-0.2, 0) is 10.9 Å². The monoisotopic (exact) mass is 245 g/mol. The van der Waals surface area contributed by atoms with Crippen molar-refractivity contribution in [2.75, 3.05) is 24.9 Å². The van der Waals surface area contributed by atoms with E-state index in [1.165, 1.54) is 0 Å². The standard InChI is InChI=1S/C10H15OS.NO3/c1-12(2)9-8-11-10-6-4-3-5-7-10;2-1(3)4/h3-7H,8-9H2,1-2H3;/q+1;-1. The van der Waals surface area contributed by atoms with Gasteiger partial charge >= 0.3 is 0 Å². The normalized spacial score (nSPS) is 9.19. The van der Waals surface area contributed by atoms with Crippen LogP contribution in [-0.4, -0.2) is 30.0 Å². The van der Waals surface area contributed by atoms with Crippen molar-refractivity contribution in [1.29, 1.82) is 0 Å². The summed E-state index contributed by atoms with van der Waals surface area (Å²) in [6.07, 6.45) is 4.46. The summed E-state index contributed by atoms with van der Waals surface area (Å²) < 4.78 is 5.52. The van der Waals surface area contributed by atoms with Gasteiger partial charge in [0.2, 0.25) is 0 Å². The highest BCUT2D eigenvalue weighted by Gasteiger charge is 2.01. The Balaban J connectivity index is 0.000000487. The lowest BCUT2D eigenvalue weighted by Gasteiger charge is -2.03. The predicted molar refractivity (Wildman–Crippen MR) is 66.4 cm³/mol. The Morgan fingerprint density at radius 1 is 1.25 bits per heavy atom. The lowest BCUT2D eigenvalue weighted by atomic mass is 10.3. The van der Waals surface area contributed by atoms with E-state index in [1.54, 1.807) is 0 Å². The molecule has 0 aromatic heterocycles. The van der Waals surface area contributed by atoms with Gasteiger partial charge in [-0.15, -0.1) is 0 Å². The first-order valence-corrected chi connectivity index (χ1v) is 6.77. The number of para-hydroxylation sites is 1. The molecule has 0 aliphatic carbocycles. The van der Waals surface area contributed by atoms with E-state index in [0.29, 0.717) is 10.9 Å². The molecule has 5 nitrogen and oxygen atoms in total. The smallest absolute Gasteiger partial charge is 0.141 e. The molecule has 1 rings (SSSR count). The minimum absolute atomic E-state index is 0.486. The lowest BCUT2D eigenvalue weighted by molar-refractivity contribution is -0.402. The zero-order chi connectivity index (χ0) is 12.4. The number of hydrogen-bond donors (Lipinski definition) is 0. The molecule has 0 fully saturated rings. The van der Waals surface area contributed by atoms with E-state index in [0.717, 1.165) is 18.1 Å². The third-order valence-electron chi connectivity index (χ3n) is 1.50. The molecule has 6 heteroatoms. The number of rotatable bonds is 4. The summed E-state index contributed by atoms with van der Waals surface area (Å²) in [7, 11) is 0.486. The minimum Gasteiger partial charge on any atom is -0.489 e. The van der Waals surface area contributed by atoms with E-state index in [9.17, 15) is 0 Å². The second-order valence-electron chi connectivity index (χ2n) is 3.07. The van der Waals surface area contributed by atoms with Gasteiger partial charge in [-0.25, -0.2) is 0 Å². The zero-order valence-corrected chi connectivity index (χ0v) is 10.1. The summed E-state index contributed by atoms with van der Waals surface area (Å²) in [4.78, 5) is 8.25. The highest BCUT2D eigenvalue weighted by atomic mass is 32.2. The predicted octanol–water partition coefficient (Wildman–Crippen LogP) is 1.70. The average Bonchev–Trinajstić information content (AvgIpc) is 2.18. The average molecular weight is 245 g/mol. The van der Waals surface area contributed by atoms with Crippen LogP contribution in [0.3, 0.4) is 0 Å². The van der Waals surface area contributed by atoms with Crippen molar-refractivity contribution in [3.63, 3.8) is 0 Å². The van der Waals surface area contributed by atoms with Crippen molar-refractivity contribution >= 4 is 10.9 Å². The Morgan fingerprint density at radius 3 is 2.19 bits per heavy atom. The van der Waals surface area contributed by atoms with Crippen molar-refractivity contribution in [1.82, 2.24) is 0 Å². The molecule has 0 amide bonds. The molecule has 0 N–H and O–H groups in total. The minimum atomic E-state index is -1.75. The van der Waals surface area contributed by atoms with Gasteiger partial charge in [-0.05, 0) is 23.0 Å². The second kappa shape index (κ2) is 8.84. The summed E-state index contributed by atoms with van der Waals surface area (Å²) in [6, 6.07) is 9.96. The maximum absolute atomic E-state index is 8.25. The molecule has 16 heavy (non-hydrogen) atoms. The van der Waals surface area contributed by atoms with Crippen LogP contribution in [0, 0.1) is 15.3 Å². The third-order valence-corrected chi connectivity index (χ3v) is 2.49. The fourth-order valence-corrected chi connectivity index (χ4v) is 1.26. The molecular weight excluding hydrogens is 230 g/mol. The van der Waals surface area contributed by atoms with Crippen LogP contribution >= 0.6 is 0 Å². The molecule has 0 unspecified atom stereocenters. The number of ether oxygens (including phenoxy) is 1. The van der Waals surface area contributed by atoms with Crippen molar-refractivity contribution < 1.29 is 9.82 Å².